The predicted molar refractivity (Wildman–Crippen MR) is 111 cm³/mol. The van der Waals surface area contributed by atoms with Gasteiger partial charge in [-0.15, -0.1) is 0 Å². The summed E-state index contributed by atoms with van der Waals surface area (Å²) in [4.78, 5) is 24.1. The van der Waals surface area contributed by atoms with Crippen molar-refractivity contribution in [1.29, 1.82) is 5.26 Å². The molecule has 0 aromatic heterocycles. The van der Waals surface area contributed by atoms with Crippen molar-refractivity contribution >= 4 is 21.9 Å². The quantitative estimate of drug-likeness (QED) is 0.602. The summed E-state index contributed by atoms with van der Waals surface area (Å²) in [6.07, 6.45) is 2.70. The molecule has 2 rings (SSSR count). The number of hydrogen-bond donors (Lipinski definition) is 2. The topological polar surface area (TPSA) is 125 Å². The first-order valence-electron chi connectivity index (χ1n) is 9.96. The van der Waals surface area contributed by atoms with Crippen LogP contribution in [0.4, 0.5) is 0 Å². The Kier molecular flexibility index (Phi) is 7.61. The summed E-state index contributed by atoms with van der Waals surface area (Å²) >= 11 is 0. The van der Waals surface area contributed by atoms with E-state index in [1.165, 1.54) is 0 Å². The molecule has 8 nitrogen and oxygen atoms in total. The molecule has 1 aliphatic rings. The van der Waals surface area contributed by atoms with Gasteiger partial charge in [-0.05, 0) is 75.6 Å². The van der Waals surface area contributed by atoms with Gasteiger partial charge in [0.15, 0.2) is 6.61 Å². The first-order chi connectivity index (χ1) is 14.0. The number of aryl methyl sites for hydroxylation is 2. The Labute approximate surface area is 178 Å². The fourth-order valence-corrected chi connectivity index (χ4v) is 5.35. The van der Waals surface area contributed by atoms with Crippen LogP contribution in [0.2, 0.25) is 0 Å². The number of esters is 1. The zero-order valence-electron chi connectivity index (χ0n) is 17.9. The van der Waals surface area contributed by atoms with Crippen molar-refractivity contribution in [3.8, 4) is 6.07 Å². The number of rotatable bonds is 8. The third kappa shape index (κ3) is 5.58. The van der Waals surface area contributed by atoms with Crippen LogP contribution in [0, 0.1) is 39.0 Å². The van der Waals surface area contributed by atoms with Gasteiger partial charge < -0.3 is 10.1 Å². The number of nitrogens with one attached hydrogen (secondary N) is 2. The number of amides is 1. The molecule has 1 aliphatic carbocycles. The average molecular weight is 436 g/mol. The van der Waals surface area contributed by atoms with Crippen molar-refractivity contribution < 1.29 is 22.7 Å². The van der Waals surface area contributed by atoms with Crippen molar-refractivity contribution in [3.05, 3.63) is 28.3 Å². The van der Waals surface area contributed by atoms with Gasteiger partial charge >= 0.3 is 5.97 Å². The largest absolute Gasteiger partial charge is 0.456 e. The summed E-state index contributed by atoms with van der Waals surface area (Å²) in [6.45, 7) is 6.57. The van der Waals surface area contributed by atoms with Gasteiger partial charge in [0, 0.05) is 6.54 Å². The molecule has 1 aromatic carbocycles. The van der Waals surface area contributed by atoms with Crippen LogP contribution in [-0.2, 0) is 24.3 Å². The van der Waals surface area contributed by atoms with Gasteiger partial charge in [-0.3, -0.25) is 9.59 Å². The third-order valence-corrected chi connectivity index (χ3v) is 7.34. The van der Waals surface area contributed by atoms with E-state index in [-0.39, 0.29) is 17.9 Å². The molecular weight excluding hydrogens is 406 g/mol. The van der Waals surface area contributed by atoms with Gasteiger partial charge in [-0.25, -0.2) is 13.1 Å². The SMILES string of the molecule is Cc1cc(C)c(C)c(S(=O)(=O)NCCC(=O)OCC(=O)NC2(C#N)CCCC2)c1C. The van der Waals surface area contributed by atoms with E-state index in [9.17, 15) is 23.3 Å². The Morgan fingerprint density at radius 3 is 2.23 bits per heavy atom. The zero-order chi connectivity index (χ0) is 22.5. The van der Waals surface area contributed by atoms with E-state index < -0.39 is 34.0 Å². The number of sulfonamides is 1. The Bertz CT molecular complexity index is 947. The van der Waals surface area contributed by atoms with Gasteiger partial charge in [-0.1, -0.05) is 6.07 Å². The number of hydrogen-bond acceptors (Lipinski definition) is 6. The second-order valence-electron chi connectivity index (χ2n) is 7.85. The molecular formula is C21H29N3O5S. The van der Waals surface area contributed by atoms with E-state index in [2.05, 4.69) is 16.1 Å². The molecule has 164 valence electrons. The summed E-state index contributed by atoms with van der Waals surface area (Å²) in [7, 11) is -3.79. The maximum absolute atomic E-state index is 12.7. The zero-order valence-corrected chi connectivity index (χ0v) is 18.7. The summed E-state index contributed by atoms with van der Waals surface area (Å²) in [5, 5.41) is 11.9. The maximum atomic E-state index is 12.7. The minimum atomic E-state index is -3.79. The molecule has 1 fully saturated rings. The molecule has 1 saturated carbocycles. The number of nitriles is 1. The molecule has 0 atom stereocenters. The molecule has 0 bridgehead atoms. The highest BCUT2D eigenvalue weighted by Gasteiger charge is 2.35. The average Bonchev–Trinajstić information content (AvgIpc) is 3.13. The molecule has 0 unspecified atom stereocenters. The molecule has 0 radical (unpaired) electrons. The number of carbonyl (C=O) groups is 2. The number of ether oxygens (including phenoxy) is 1. The third-order valence-electron chi connectivity index (χ3n) is 5.60. The highest BCUT2D eigenvalue weighted by atomic mass is 32.2. The lowest BCUT2D eigenvalue weighted by Gasteiger charge is -2.21. The van der Waals surface area contributed by atoms with E-state index in [0.717, 1.165) is 24.0 Å². The van der Waals surface area contributed by atoms with Gasteiger partial charge in [0.1, 0.15) is 5.54 Å². The summed E-state index contributed by atoms with van der Waals surface area (Å²) in [5.74, 6) is -1.23. The van der Waals surface area contributed by atoms with Crippen LogP contribution in [0.5, 0.6) is 0 Å². The van der Waals surface area contributed by atoms with Crippen LogP contribution < -0.4 is 10.0 Å². The Morgan fingerprint density at radius 2 is 1.70 bits per heavy atom. The first-order valence-corrected chi connectivity index (χ1v) is 11.4. The second kappa shape index (κ2) is 9.58. The molecule has 2 N–H and O–H groups in total. The monoisotopic (exact) mass is 435 g/mol. The number of benzene rings is 1. The van der Waals surface area contributed by atoms with Crippen molar-refractivity contribution in [2.24, 2.45) is 0 Å². The van der Waals surface area contributed by atoms with Crippen molar-refractivity contribution in [3.63, 3.8) is 0 Å². The standard InChI is InChI=1S/C21H29N3O5S/c1-14-11-15(2)17(4)20(16(14)3)30(27,28)23-10-7-19(26)29-12-18(25)24-21(13-22)8-5-6-9-21/h11,23H,5-10,12H2,1-4H3,(H,24,25). The normalized spacial score (nSPS) is 15.4. The Hall–Kier alpha value is -2.44. The van der Waals surface area contributed by atoms with E-state index in [1.807, 2.05) is 19.9 Å². The predicted octanol–water partition coefficient (Wildman–Crippen LogP) is 2.08. The van der Waals surface area contributed by atoms with Crippen molar-refractivity contribution in [2.75, 3.05) is 13.2 Å². The van der Waals surface area contributed by atoms with Crippen LogP contribution in [0.15, 0.2) is 11.0 Å². The minimum absolute atomic E-state index is 0.142. The molecule has 0 spiro atoms. The molecule has 0 aliphatic heterocycles. The van der Waals surface area contributed by atoms with Crippen LogP contribution in [-0.4, -0.2) is 39.0 Å². The van der Waals surface area contributed by atoms with Gasteiger partial charge in [0.05, 0.1) is 17.4 Å². The van der Waals surface area contributed by atoms with Gasteiger partial charge in [0.2, 0.25) is 10.0 Å². The second-order valence-corrected chi connectivity index (χ2v) is 9.55. The van der Waals surface area contributed by atoms with Crippen LogP contribution >= 0.6 is 0 Å². The fourth-order valence-electron chi connectivity index (χ4n) is 3.71. The minimum Gasteiger partial charge on any atom is -0.456 e. The molecule has 0 heterocycles. The summed E-state index contributed by atoms with van der Waals surface area (Å²) in [6, 6.07) is 4.07. The molecule has 1 aromatic rings. The van der Waals surface area contributed by atoms with Gasteiger partial charge in [0.25, 0.3) is 5.91 Å². The Balaban J connectivity index is 1.86. The molecule has 30 heavy (non-hydrogen) atoms. The highest BCUT2D eigenvalue weighted by Crippen LogP contribution is 2.29. The summed E-state index contributed by atoms with van der Waals surface area (Å²) < 4.78 is 32.8. The van der Waals surface area contributed by atoms with Crippen molar-refractivity contribution in [2.45, 2.75) is 70.2 Å². The molecule has 9 heteroatoms. The van der Waals surface area contributed by atoms with Crippen LogP contribution in [0.3, 0.4) is 0 Å². The lowest BCUT2D eigenvalue weighted by atomic mass is 10.00. The van der Waals surface area contributed by atoms with Crippen LogP contribution in [0.1, 0.15) is 54.4 Å². The van der Waals surface area contributed by atoms with E-state index in [0.29, 0.717) is 24.0 Å². The van der Waals surface area contributed by atoms with E-state index >= 15 is 0 Å². The van der Waals surface area contributed by atoms with E-state index in [1.54, 1.807) is 13.8 Å². The fraction of sp³-hybridized carbons (Fsp3) is 0.571. The number of nitrogens with zero attached hydrogens (tertiary/aromatic N) is 1. The Morgan fingerprint density at radius 1 is 1.13 bits per heavy atom. The lowest BCUT2D eigenvalue weighted by molar-refractivity contribution is -0.148. The summed E-state index contributed by atoms with van der Waals surface area (Å²) in [5.41, 5.74) is 2.22. The van der Waals surface area contributed by atoms with E-state index in [4.69, 9.17) is 4.74 Å². The van der Waals surface area contributed by atoms with Crippen LogP contribution in [0.25, 0.3) is 0 Å². The highest BCUT2D eigenvalue weighted by molar-refractivity contribution is 7.89. The van der Waals surface area contributed by atoms with Crippen molar-refractivity contribution in [1.82, 2.24) is 10.0 Å². The molecule has 1 amide bonds. The maximum Gasteiger partial charge on any atom is 0.307 e. The van der Waals surface area contributed by atoms with Gasteiger partial charge in [-0.2, -0.15) is 5.26 Å². The lowest BCUT2D eigenvalue weighted by Crippen LogP contribution is -2.46. The smallest absolute Gasteiger partial charge is 0.307 e. The first kappa shape index (κ1) is 23.8. The molecule has 0 saturated heterocycles. The number of carbonyl (C=O) groups excluding carboxylic acids is 2.